The van der Waals surface area contributed by atoms with Crippen LogP contribution in [-0.4, -0.2) is 38.4 Å². The number of hydrogen-bond acceptors (Lipinski definition) is 3. The second-order valence-electron chi connectivity index (χ2n) is 7.33. The minimum Gasteiger partial charge on any atom is -0.341 e. The predicted molar refractivity (Wildman–Crippen MR) is 106 cm³/mol. The van der Waals surface area contributed by atoms with Crippen molar-refractivity contribution in [2.45, 2.75) is 37.1 Å². The molecule has 0 spiro atoms. The van der Waals surface area contributed by atoms with Gasteiger partial charge in [-0.3, -0.25) is 4.79 Å². The molecule has 1 amide bonds. The number of likely N-dealkylation sites (tertiary alicyclic amines) is 1. The van der Waals surface area contributed by atoms with Crippen LogP contribution >= 0.6 is 0 Å². The number of nitrogens with one attached hydrogen (secondary N) is 1. The van der Waals surface area contributed by atoms with Gasteiger partial charge in [0.15, 0.2) is 0 Å². The third-order valence-corrected chi connectivity index (χ3v) is 6.58. The Morgan fingerprint density at radius 2 is 1.71 bits per heavy atom. The Morgan fingerprint density at radius 1 is 1.11 bits per heavy atom. The SMILES string of the molecule is CC1CCN(C(=O)[C@@H](Cc2ccccc2)NS(=O)(=O)c2ccc(F)cc2)CC1. The summed E-state index contributed by atoms with van der Waals surface area (Å²) in [5, 5.41) is 0. The van der Waals surface area contributed by atoms with Gasteiger partial charge in [-0.2, -0.15) is 4.72 Å². The van der Waals surface area contributed by atoms with Gasteiger partial charge in [-0.15, -0.1) is 0 Å². The lowest BCUT2D eigenvalue weighted by Gasteiger charge is -2.33. The molecule has 1 atom stereocenters. The van der Waals surface area contributed by atoms with Gasteiger partial charge in [0.05, 0.1) is 4.90 Å². The van der Waals surface area contributed by atoms with Crippen LogP contribution in [-0.2, 0) is 21.2 Å². The van der Waals surface area contributed by atoms with Gasteiger partial charge >= 0.3 is 0 Å². The van der Waals surface area contributed by atoms with Crippen LogP contribution in [0.4, 0.5) is 4.39 Å². The van der Waals surface area contributed by atoms with Gasteiger partial charge in [-0.1, -0.05) is 37.3 Å². The third kappa shape index (κ3) is 5.17. The summed E-state index contributed by atoms with van der Waals surface area (Å²) in [6.45, 7) is 3.41. The van der Waals surface area contributed by atoms with Crippen LogP contribution in [0.15, 0.2) is 59.5 Å². The second kappa shape index (κ2) is 8.84. The van der Waals surface area contributed by atoms with Gasteiger partial charge < -0.3 is 4.90 Å². The highest BCUT2D eigenvalue weighted by Gasteiger charge is 2.31. The van der Waals surface area contributed by atoms with E-state index < -0.39 is 21.9 Å². The van der Waals surface area contributed by atoms with Crippen molar-refractivity contribution in [1.29, 1.82) is 0 Å². The molecule has 5 nitrogen and oxygen atoms in total. The molecule has 1 aliphatic heterocycles. The zero-order valence-electron chi connectivity index (χ0n) is 15.8. The summed E-state index contributed by atoms with van der Waals surface area (Å²) >= 11 is 0. The number of amides is 1. The van der Waals surface area contributed by atoms with E-state index in [1.165, 1.54) is 12.1 Å². The summed E-state index contributed by atoms with van der Waals surface area (Å²) in [6, 6.07) is 13.0. The fourth-order valence-electron chi connectivity index (χ4n) is 3.35. The van der Waals surface area contributed by atoms with Crippen molar-refractivity contribution in [2.24, 2.45) is 5.92 Å². The average molecular weight is 405 g/mol. The molecule has 7 heteroatoms. The quantitative estimate of drug-likeness (QED) is 0.805. The lowest BCUT2D eigenvalue weighted by Crippen LogP contribution is -2.51. The molecule has 1 N–H and O–H groups in total. The molecule has 3 rings (SSSR count). The minimum atomic E-state index is -3.95. The van der Waals surface area contributed by atoms with Gasteiger partial charge in [-0.25, -0.2) is 12.8 Å². The van der Waals surface area contributed by atoms with E-state index in [1.807, 2.05) is 30.3 Å². The first-order chi connectivity index (χ1) is 13.3. The van der Waals surface area contributed by atoms with Crippen LogP contribution in [0.1, 0.15) is 25.3 Å². The highest BCUT2D eigenvalue weighted by molar-refractivity contribution is 7.89. The topological polar surface area (TPSA) is 66.5 Å². The lowest BCUT2D eigenvalue weighted by molar-refractivity contribution is -0.134. The zero-order valence-corrected chi connectivity index (χ0v) is 16.7. The molecule has 1 heterocycles. The van der Waals surface area contributed by atoms with Gasteiger partial charge in [0, 0.05) is 13.1 Å². The number of halogens is 1. The van der Waals surface area contributed by atoms with E-state index in [4.69, 9.17) is 0 Å². The van der Waals surface area contributed by atoms with Crippen LogP contribution in [0, 0.1) is 11.7 Å². The molecule has 2 aromatic rings. The fourth-order valence-corrected chi connectivity index (χ4v) is 4.54. The summed E-state index contributed by atoms with van der Waals surface area (Å²) in [4.78, 5) is 14.8. The largest absolute Gasteiger partial charge is 0.341 e. The normalized spacial score (nSPS) is 16.7. The molecule has 1 fully saturated rings. The van der Waals surface area contributed by atoms with Gasteiger partial charge in [0.1, 0.15) is 11.9 Å². The standard InChI is InChI=1S/C21H25FN2O3S/c1-16-11-13-24(14-12-16)21(25)20(15-17-5-3-2-4-6-17)23-28(26,27)19-9-7-18(22)8-10-19/h2-10,16,20,23H,11-15H2,1H3/t20-/m1/s1. The van der Waals surface area contributed by atoms with Crippen molar-refractivity contribution >= 4 is 15.9 Å². The summed E-state index contributed by atoms with van der Waals surface area (Å²) < 4.78 is 41.3. The van der Waals surface area contributed by atoms with E-state index in [1.54, 1.807) is 4.90 Å². The molecule has 0 bridgehead atoms. The summed E-state index contributed by atoms with van der Waals surface area (Å²) in [5.41, 5.74) is 0.869. The first kappa shape index (κ1) is 20.5. The lowest BCUT2D eigenvalue weighted by atomic mass is 9.98. The number of benzene rings is 2. The Morgan fingerprint density at radius 3 is 2.32 bits per heavy atom. The Balaban J connectivity index is 1.83. The number of hydrogen-bond donors (Lipinski definition) is 1. The number of piperidine rings is 1. The van der Waals surface area contributed by atoms with E-state index in [0.29, 0.717) is 19.0 Å². The van der Waals surface area contributed by atoms with Crippen molar-refractivity contribution in [1.82, 2.24) is 9.62 Å². The molecule has 1 saturated heterocycles. The highest BCUT2D eigenvalue weighted by atomic mass is 32.2. The Hall–Kier alpha value is -2.25. The molecule has 28 heavy (non-hydrogen) atoms. The van der Waals surface area contributed by atoms with Crippen LogP contribution in [0.5, 0.6) is 0 Å². The maximum Gasteiger partial charge on any atom is 0.241 e. The zero-order chi connectivity index (χ0) is 20.1. The Kier molecular flexibility index (Phi) is 6.46. The van der Waals surface area contributed by atoms with E-state index in [2.05, 4.69) is 11.6 Å². The minimum absolute atomic E-state index is 0.0629. The smallest absolute Gasteiger partial charge is 0.241 e. The number of sulfonamides is 1. The van der Waals surface area contributed by atoms with Crippen molar-refractivity contribution in [3.63, 3.8) is 0 Å². The van der Waals surface area contributed by atoms with E-state index in [9.17, 15) is 17.6 Å². The molecule has 0 aromatic heterocycles. The van der Waals surface area contributed by atoms with Crippen molar-refractivity contribution in [3.8, 4) is 0 Å². The van der Waals surface area contributed by atoms with Crippen molar-refractivity contribution < 1.29 is 17.6 Å². The molecule has 0 aliphatic carbocycles. The highest BCUT2D eigenvalue weighted by Crippen LogP contribution is 2.19. The number of nitrogens with zero attached hydrogens (tertiary/aromatic N) is 1. The molecule has 2 aromatic carbocycles. The van der Waals surface area contributed by atoms with Crippen LogP contribution in [0.25, 0.3) is 0 Å². The second-order valence-corrected chi connectivity index (χ2v) is 9.04. The monoisotopic (exact) mass is 404 g/mol. The molecule has 0 unspecified atom stereocenters. The van der Waals surface area contributed by atoms with Crippen molar-refractivity contribution in [3.05, 3.63) is 66.0 Å². The van der Waals surface area contributed by atoms with E-state index in [-0.39, 0.29) is 17.2 Å². The van der Waals surface area contributed by atoms with Crippen LogP contribution in [0.2, 0.25) is 0 Å². The van der Waals surface area contributed by atoms with Gasteiger partial charge in [0.25, 0.3) is 0 Å². The Labute approximate surface area is 165 Å². The first-order valence-electron chi connectivity index (χ1n) is 9.46. The number of rotatable bonds is 6. The van der Waals surface area contributed by atoms with Crippen molar-refractivity contribution in [2.75, 3.05) is 13.1 Å². The molecular formula is C21H25FN2O3S. The fraction of sp³-hybridized carbons (Fsp3) is 0.381. The Bertz CT molecular complexity index is 893. The maximum atomic E-state index is 13.2. The molecule has 1 aliphatic rings. The van der Waals surface area contributed by atoms with Gasteiger partial charge in [-0.05, 0) is 55.0 Å². The maximum absolute atomic E-state index is 13.2. The summed E-state index contributed by atoms with van der Waals surface area (Å²) in [7, 11) is -3.95. The summed E-state index contributed by atoms with van der Waals surface area (Å²) in [5.74, 6) is -0.174. The molecule has 150 valence electrons. The molecule has 0 saturated carbocycles. The van der Waals surface area contributed by atoms with E-state index >= 15 is 0 Å². The predicted octanol–water partition coefficient (Wildman–Crippen LogP) is 2.97. The van der Waals surface area contributed by atoms with Crippen LogP contribution < -0.4 is 4.72 Å². The van der Waals surface area contributed by atoms with Gasteiger partial charge in [0.2, 0.25) is 15.9 Å². The average Bonchev–Trinajstić information content (AvgIpc) is 2.68. The van der Waals surface area contributed by atoms with E-state index in [0.717, 1.165) is 30.5 Å². The molecular weight excluding hydrogens is 379 g/mol. The summed E-state index contributed by atoms with van der Waals surface area (Å²) in [6.07, 6.45) is 2.08. The molecule has 0 radical (unpaired) electrons. The number of carbonyl (C=O) groups is 1. The third-order valence-electron chi connectivity index (χ3n) is 5.10. The van der Waals surface area contributed by atoms with Crippen LogP contribution in [0.3, 0.4) is 0 Å². The first-order valence-corrected chi connectivity index (χ1v) is 10.9. The number of carbonyl (C=O) groups excluding carboxylic acids is 1.